The quantitative estimate of drug-likeness (QED) is 0.430. The highest BCUT2D eigenvalue weighted by molar-refractivity contribution is 7.89. The summed E-state index contributed by atoms with van der Waals surface area (Å²) in [6.07, 6.45) is 1.40. The smallest absolute Gasteiger partial charge is 0.246 e. The van der Waals surface area contributed by atoms with Crippen LogP contribution in [0.2, 0.25) is 10.0 Å². The number of amides is 1. The van der Waals surface area contributed by atoms with Crippen molar-refractivity contribution in [2.24, 2.45) is 5.41 Å². The predicted molar refractivity (Wildman–Crippen MR) is 151 cm³/mol. The van der Waals surface area contributed by atoms with Crippen molar-refractivity contribution >= 4 is 39.1 Å². The average molecular weight is 601 g/mol. The van der Waals surface area contributed by atoms with Crippen LogP contribution in [0, 0.1) is 5.41 Å². The van der Waals surface area contributed by atoms with E-state index in [0.717, 1.165) is 13.1 Å². The number of rotatable bonds is 9. The molecular weight excluding hydrogens is 565 g/mol. The van der Waals surface area contributed by atoms with E-state index in [2.05, 4.69) is 4.90 Å². The Labute approximate surface area is 240 Å². The lowest BCUT2D eigenvalue weighted by molar-refractivity contribution is -0.136. The number of likely N-dealkylation sites (N-methyl/N-ethyl adjacent to an activating group) is 1. The van der Waals surface area contributed by atoms with E-state index in [1.165, 1.54) is 30.7 Å². The van der Waals surface area contributed by atoms with Crippen LogP contribution in [0.1, 0.15) is 19.3 Å². The van der Waals surface area contributed by atoms with Gasteiger partial charge in [0.15, 0.2) is 0 Å². The van der Waals surface area contributed by atoms with Gasteiger partial charge in [-0.2, -0.15) is 4.31 Å². The van der Waals surface area contributed by atoms with Crippen molar-refractivity contribution in [1.29, 1.82) is 0 Å². The largest absolute Gasteiger partial charge is 0.495 e. The number of carbonyl (C=O) groups excluding carboxylic acids is 1. The summed E-state index contributed by atoms with van der Waals surface area (Å²) in [5.74, 6) is 1.06. The number of hydrogen-bond donors (Lipinski definition) is 0. The van der Waals surface area contributed by atoms with Crippen molar-refractivity contribution in [3.8, 4) is 17.2 Å². The minimum atomic E-state index is -4.02. The van der Waals surface area contributed by atoms with Crippen molar-refractivity contribution < 1.29 is 27.4 Å². The summed E-state index contributed by atoms with van der Waals surface area (Å²) in [4.78, 5) is 17.5. The Balaban J connectivity index is 1.62. The van der Waals surface area contributed by atoms with Crippen molar-refractivity contribution in [3.05, 3.63) is 46.4 Å². The molecule has 9 nitrogen and oxygen atoms in total. The zero-order chi connectivity index (χ0) is 28.2. The fraction of sp³-hybridized carbons (Fsp3) is 0.519. The van der Waals surface area contributed by atoms with E-state index in [-0.39, 0.29) is 41.1 Å². The molecule has 2 heterocycles. The lowest BCUT2D eigenvalue weighted by Gasteiger charge is -2.43. The molecule has 0 saturated carbocycles. The molecule has 0 radical (unpaired) electrons. The fourth-order valence-electron chi connectivity index (χ4n) is 5.11. The van der Waals surface area contributed by atoms with E-state index in [1.54, 1.807) is 24.3 Å². The van der Waals surface area contributed by atoms with Crippen LogP contribution in [0.4, 0.5) is 0 Å². The van der Waals surface area contributed by atoms with Crippen LogP contribution in [0.5, 0.6) is 17.2 Å². The molecule has 2 fully saturated rings. The first-order valence-corrected chi connectivity index (χ1v) is 15.0. The maximum Gasteiger partial charge on any atom is 0.246 e. The Morgan fingerprint density at radius 1 is 0.974 bits per heavy atom. The molecular formula is C27H35Cl2N3O6S. The van der Waals surface area contributed by atoms with Gasteiger partial charge in [0, 0.05) is 62.2 Å². The normalized spacial score (nSPS) is 21.0. The van der Waals surface area contributed by atoms with Gasteiger partial charge in [0.25, 0.3) is 0 Å². The Morgan fingerprint density at radius 3 is 2.28 bits per heavy atom. The topological polar surface area (TPSA) is 88.6 Å². The van der Waals surface area contributed by atoms with E-state index in [0.29, 0.717) is 49.0 Å². The summed E-state index contributed by atoms with van der Waals surface area (Å²) >= 11 is 12.3. The van der Waals surface area contributed by atoms with Gasteiger partial charge >= 0.3 is 0 Å². The number of methoxy groups -OCH3 is 2. The molecule has 2 aromatic carbocycles. The van der Waals surface area contributed by atoms with Crippen molar-refractivity contribution in [1.82, 2.24) is 14.1 Å². The monoisotopic (exact) mass is 599 g/mol. The third kappa shape index (κ3) is 6.92. The zero-order valence-corrected chi connectivity index (χ0v) is 24.8. The van der Waals surface area contributed by atoms with Crippen LogP contribution in [-0.2, 0) is 14.8 Å². The molecule has 1 amide bonds. The van der Waals surface area contributed by atoms with Crippen LogP contribution in [0.25, 0.3) is 0 Å². The number of piperidine rings is 1. The van der Waals surface area contributed by atoms with E-state index in [4.69, 9.17) is 37.4 Å². The highest BCUT2D eigenvalue weighted by Gasteiger charge is 2.44. The molecule has 2 aromatic rings. The molecule has 0 unspecified atom stereocenters. The summed E-state index contributed by atoms with van der Waals surface area (Å²) in [6.45, 7) is 3.51. The molecule has 2 saturated heterocycles. The number of ether oxygens (including phenoxy) is 3. The van der Waals surface area contributed by atoms with Gasteiger partial charge in [-0.05, 0) is 50.2 Å². The van der Waals surface area contributed by atoms with Gasteiger partial charge in [-0.1, -0.05) is 23.2 Å². The Bertz CT molecular complexity index is 1270. The van der Waals surface area contributed by atoms with Crippen molar-refractivity contribution in [2.45, 2.75) is 24.2 Å². The van der Waals surface area contributed by atoms with Gasteiger partial charge in [0.2, 0.25) is 15.9 Å². The molecule has 214 valence electrons. The number of hydrogen-bond acceptors (Lipinski definition) is 7. The highest BCUT2D eigenvalue weighted by atomic mass is 35.5. The molecule has 2 aliphatic heterocycles. The molecule has 0 N–H and O–H groups in total. The number of piperazine rings is 1. The highest BCUT2D eigenvalue weighted by Crippen LogP contribution is 2.41. The second-order valence-electron chi connectivity index (χ2n) is 10.2. The third-order valence-electron chi connectivity index (χ3n) is 7.42. The fourth-order valence-corrected chi connectivity index (χ4v) is 7.30. The lowest BCUT2D eigenvalue weighted by Crippen LogP contribution is -2.53. The van der Waals surface area contributed by atoms with Gasteiger partial charge < -0.3 is 24.0 Å². The molecule has 0 spiro atoms. The average Bonchev–Trinajstić information content (AvgIpc) is 2.93. The first-order valence-electron chi connectivity index (χ1n) is 12.8. The molecule has 1 atom stereocenters. The molecule has 0 aromatic heterocycles. The van der Waals surface area contributed by atoms with E-state index in [9.17, 15) is 13.2 Å². The molecule has 4 rings (SSSR count). The maximum absolute atomic E-state index is 13.9. The zero-order valence-electron chi connectivity index (χ0n) is 22.5. The second-order valence-corrected chi connectivity index (χ2v) is 12.9. The van der Waals surface area contributed by atoms with Crippen LogP contribution in [-0.4, -0.2) is 95.6 Å². The van der Waals surface area contributed by atoms with Crippen molar-refractivity contribution in [2.75, 3.05) is 67.1 Å². The number of nitrogens with zero attached hydrogens (tertiary/aromatic N) is 3. The molecule has 2 aliphatic rings. The SMILES string of the molecule is COc1cc(OC)c(S(=O)(=O)N2CCC[C@@](COc3ccc(Cl)cc3)(CC(=O)N3CCN(C)CC3)C2)cc1Cl. The second kappa shape index (κ2) is 12.5. The Morgan fingerprint density at radius 2 is 1.64 bits per heavy atom. The number of halogens is 2. The van der Waals surface area contributed by atoms with E-state index < -0.39 is 15.4 Å². The molecule has 39 heavy (non-hydrogen) atoms. The summed E-state index contributed by atoms with van der Waals surface area (Å²) in [6, 6.07) is 9.81. The number of carbonyl (C=O) groups is 1. The number of benzene rings is 2. The van der Waals surface area contributed by atoms with Gasteiger partial charge in [-0.15, -0.1) is 0 Å². The van der Waals surface area contributed by atoms with E-state index >= 15 is 0 Å². The van der Waals surface area contributed by atoms with Crippen LogP contribution in [0.15, 0.2) is 41.3 Å². The van der Waals surface area contributed by atoms with Crippen LogP contribution < -0.4 is 14.2 Å². The summed E-state index contributed by atoms with van der Waals surface area (Å²) in [7, 11) is 0.868. The van der Waals surface area contributed by atoms with Crippen molar-refractivity contribution in [3.63, 3.8) is 0 Å². The summed E-state index contributed by atoms with van der Waals surface area (Å²) in [5.41, 5.74) is -0.727. The van der Waals surface area contributed by atoms with Crippen LogP contribution >= 0.6 is 23.2 Å². The maximum atomic E-state index is 13.9. The molecule has 12 heteroatoms. The van der Waals surface area contributed by atoms with E-state index in [1.807, 2.05) is 11.9 Å². The summed E-state index contributed by atoms with van der Waals surface area (Å²) in [5, 5.41) is 0.751. The standard InChI is InChI=1S/C27H35Cl2N3O6S/c1-30-11-13-31(14-12-30)26(33)17-27(19-38-21-7-5-20(28)6-8-21)9-4-10-32(18-27)39(34,35)25-15-22(29)23(36-2)16-24(25)37-3/h5-8,15-16H,4,9-14,17-19H2,1-3H3/t27-/m1/s1. The van der Waals surface area contributed by atoms with Gasteiger partial charge in [0.1, 0.15) is 22.1 Å². The lowest BCUT2D eigenvalue weighted by atomic mass is 9.78. The predicted octanol–water partition coefficient (Wildman–Crippen LogP) is 4.02. The number of sulfonamides is 1. The van der Waals surface area contributed by atoms with Gasteiger partial charge in [0.05, 0.1) is 25.8 Å². The molecule has 0 bridgehead atoms. The Hall–Kier alpha value is -2.24. The first-order chi connectivity index (χ1) is 18.6. The van der Waals surface area contributed by atoms with Gasteiger partial charge in [-0.25, -0.2) is 8.42 Å². The first kappa shape index (κ1) is 29.7. The Kier molecular flexibility index (Phi) is 9.54. The molecule has 0 aliphatic carbocycles. The third-order valence-corrected chi connectivity index (χ3v) is 9.84. The minimum Gasteiger partial charge on any atom is -0.495 e. The minimum absolute atomic E-state index is 0.00660. The van der Waals surface area contributed by atoms with Crippen LogP contribution in [0.3, 0.4) is 0 Å². The van der Waals surface area contributed by atoms with Gasteiger partial charge in [-0.3, -0.25) is 4.79 Å². The summed E-state index contributed by atoms with van der Waals surface area (Å²) < 4.78 is 46.1.